The summed E-state index contributed by atoms with van der Waals surface area (Å²) in [7, 11) is 0. The van der Waals surface area contributed by atoms with Crippen molar-refractivity contribution in [1.82, 2.24) is 24.6 Å². The number of imidazole rings is 1. The molecular formula is C30H30FN7OS. The Kier molecular flexibility index (Phi) is 6.36. The molecule has 0 amide bonds. The molecule has 1 aliphatic heterocycles. The van der Waals surface area contributed by atoms with Crippen LogP contribution in [-0.4, -0.2) is 62.5 Å². The van der Waals surface area contributed by atoms with E-state index in [-0.39, 0.29) is 11.6 Å². The summed E-state index contributed by atoms with van der Waals surface area (Å²) in [5, 5.41) is 23.4. The van der Waals surface area contributed by atoms with Crippen LogP contribution in [0, 0.1) is 5.82 Å². The molecule has 3 heterocycles. The monoisotopic (exact) mass is 555 g/mol. The van der Waals surface area contributed by atoms with E-state index in [0.717, 1.165) is 78.5 Å². The van der Waals surface area contributed by atoms with Gasteiger partial charge < -0.3 is 24.8 Å². The van der Waals surface area contributed by atoms with E-state index in [1.807, 2.05) is 24.3 Å². The summed E-state index contributed by atoms with van der Waals surface area (Å²) < 4.78 is 17.2. The summed E-state index contributed by atoms with van der Waals surface area (Å²) in [5.74, 6) is 0.637. The number of hydrogen-bond acceptors (Lipinski definition) is 8. The fourth-order valence-electron chi connectivity index (χ4n) is 5.44. The highest BCUT2D eigenvalue weighted by Gasteiger charge is 2.31. The first-order valence-electron chi connectivity index (χ1n) is 13.8. The number of piperazine rings is 1. The van der Waals surface area contributed by atoms with Crippen molar-refractivity contribution in [1.29, 1.82) is 0 Å². The number of nitrogens with zero attached hydrogens (tertiary/aromatic N) is 6. The van der Waals surface area contributed by atoms with E-state index in [1.165, 1.54) is 17.4 Å². The molecule has 1 saturated heterocycles. The number of phenolic OH excluding ortho intramolecular Hbond substituents is 1. The Labute approximate surface area is 235 Å². The van der Waals surface area contributed by atoms with Crippen molar-refractivity contribution in [3.63, 3.8) is 0 Å². The molecular weight excluding hydrogens is 525 g/mol. The molecule has 1 aliphatic carbocycles. The van der Waals surface area contributed by atoms with Crippen LogP contribution in [0.1, 0.15) is 25.8 Å². The number of likely N-dealkylation sites (N-methyl/N-ethyl adjacent to an activating group) is 1. The van der Waals surface area contributed by atoms with E-state index in [9.17, 15) is 9.50 Å². The zero-order valence-electron chi connectivity index (χ0n) is 22.2. The Hall–Kier alpha value is -4.02. The Balaban J connectivity index is 1.32. The highest BCUT2D eigenvalue weighted by molar-refractivity contribution is 7.18. The summed E-state index contributed by atoms with van der Waals surface area (Å²) in [4.78, 5) is 9.86. The van der Waals surface area contributed by atoms with Gasteiger partial charge in [-0.25, -0.2) is 9.37 Å². The fraction of sp³-hybridized carbons (Fsp3) is 0.300. The number of benzene rings is 3. The lowest BCUT2D eigenvalue weighted by molar-refractivity contribution is 0.271. The van der Waals surface area contributed by atoms with Gasteiger partial charge in [0.15, 0.2) is 0 Å². The number of aromatic nitrogens is 4. The van der Waals surface area contributed by atoms with Crippen LogP contribution in [0.25, 0.3) is 33.0 Å². The van der Waals surface area contributed by atoms with Gasteiger partial charge in [0.1, 0.15) is 22.4 Å². The van der Waals surface area contributed by atoms with Gasteiger partial charge in [0.25, 0.3) is 0 Å². The van der Waals surface area contributed by atoms with E-state index in [4.69, 9.17) is 4.98 Å². The molecule has 2 aliphatic rings. The van der Waals surface area contributed by atoms with Gasteiger partial charge in [-0.2, -0.15) is 0 Å². The minimum atomic E-state index is -0.260. The SMILES string of the molecule is CCN1CCN(c2cc3c(cc2Nc2nnc(-c4ccc(O)cc4)s2)nc(-c2ccccc2F)n3C2CC2)CC1. The van der Waals surface area contributed by atoms with Crippen LogP contribution >= 0.6 is 11.3 Å². The van der Waals surface area contributed by atoms with Crippen molar-refractivity contribution in [2.75, 3.05) is 42.9 Å². The Bertz CT molecular complexity index is 1670. The molecule has 0 atom stereocenters. The molecule has 1 saturated carbocycles. The quantitative estimate of drug-likeness (QED) is 0.244. The zero-order valence-corrected chi connectivity index (χ0v) is 23.0. The largest absolute Gasteiger partial charge is 0.508 e. The molecule has 7 rings (SSSR count). The van der Waals surface area contributed by atoms with Crippen molar-refractivity contribution in [2.45, 2.75) is 25.8 Å². The second kappa shape index (κ2) is 10.2. The maximum absolute atomic E-state index is 14.9. The Morgan fingerprint density at radius 2 is 1.77 bits per heavy atom. The molecule has 0 unspecified atom stereocenters. The molecule has 2 fully saturated rings. The van der Waals surface area contributed by atoms with Crippen molar-refractivity contribution in [3.8, 4) is 27.7 Å². The average Bonchev–Trinajstić information content (AvgIpc) is 3.59. The lowest BCUT2D eigenvalue weighted by Gasteiger charge is -2.36. The molecule has 204 valence electrons. The van der Waals surface area contributed by atoms with Crippen molar-refractivity contribution in [3.05, 3.63) is 66.5 Å². The smallest absolute Gasteiger partial charge is 0.210 e. The van der Waals surface area contributed by atoms with Crippen molar-refractivity contribution >= 4 is 38.9 Å². The summed E-state index contributed by atoms with van der Waals surface area (Å²) in [6.07, 6.45) is 2.14. The molecule has 40 heavy (non-hydrogen) atoms. The first kappa shape index (κ1) is 25.0. The number of hydrogen-bond donors (Lipinski definition) is 2. The number of fused-ring (bicyclic) bond motifs is 1. The molecule has 0 radical (unpaired) electrons. The standard InChI is InChI=1S/C30H30FN7OS/c1-2-36-13-15-37(16-14-36)26-18-27-25(32-28(38(27)20-9-10-20)22-5-3-4-6-23(22)31)17-24(26)33-30-35-34-29(40-30)19-7-11-21(39)12-8-19/h3-8,11-12,17-18,20,39H,2,9-10,13-16H2,1H3,(H,33,35). The van der Waals surface area contributed by atoms with E-state index in [0.29, 0.717) is 22.6 Å². The summed E-state index contributed by atoms with van der Waals surface area (Å²) in [5.41, 5.74) is 5.28. The lowest BCUT2D eigenvalue weighted by atomic mass is 10.2. The van der Waals surface area contributed by atoms with Crippen LogP contribution in [0.2, 0.25) is 0 Å². The van der Waals surface area contributed by atoms with Crippen molar-refractivity contribution in [2.24, 2.45) is 0 Å². The molecule has 10 heteroatoms. The Morgan fingerprint density at radius 3 is 2.50 bits per heavy atom. The minimum absolute atomic E-state index is 0.216. The Morgan fingerprint density at radius 1 is 1.00 bits per heavy atom. The van der Waals surface area contributed by atoms with Crippen LogP contribution in [-0.2, 0) is 0 Å². The fourth-order valence-corrected chi connectivity index (χ4v) is 6.20. The summed E-state index contributed by atoms with van der Waals surface area (Å²) >= 11 is 1.46. The van der Waals surface area contributed by atoms with Gasteiger partial charge in [0.05, 0.1) is 28.0 Å². The van der Waals surface area contributed by atoms with E-state index in [2.05, 4.69) is 48.9 Å². The van der Waals surface area contributed by atoms with Gasteiger partial charge in [-0.3, -0.25) is 0 Å². The molecule has 5 aromatic rings. The molecule has 0 spiro atoms. The highest BCUT2D eigenvalue weighted by Crippen LogP contribution is 2.44. The third-order valence-corrected chi connectivity index (χ3v) is 8.66. The summed E-state index contributed by atoms with van der Waals surface area (Å²) in [6, 6.07) is 18.5. The van der Waals surface area contributed by atoms with E-state index < -0.39 is 0 Å². The van der Waals surface area contributed by atoms with Gasteiger partial charge in [0.2, 0.25) is 5.13 Å². The number of phenols is 1. The highest BCUT2D eigenvalue weighted by atomic mass is 32.1. The number of aromatic hydroxyl groups is 1. The third kappa shape index (κ3) is 4.67. The maximum atomic E-state index is 14.9. The first-order valence-corrected chi connectivity index (χ1v) is 14.6. The second-order valence-electron chi connectivity index (χ2n) is 10.4. The lowest BCUT2D eigenvalue weighted by Crippen LogP contribution is -2.46. The van der Waals surface area contributed by atoms with Crippen LogP contribution in [0.5, 0.6) is 5.75 Å². The molecule has 2 N–H and O–H groups in total. The minimum Gasteiger partial charge on any atom is -0.508 e. The zero-order chi connectivity index (χ0) is 27.2. The van der Waals surface area contributed by atoms with Crippen molar-refractivity contribution < 1.29 is 9.50 Å². The normalized spacial score (nSPS) is 16.1. The van der Waals surface area contributed by atoms with E-state index in [1.54, 1.807) is 18.2 Å². The van der Waals surface area contributed by atoms with Crippen LogP contribution in [0.3, 0.4) is 0 Å². The number of nitrogens with one attached hydrogen (secondary N) is 1. The maximum Gasteiger partial charge on any atom is 0.210 e. The predicted molar refractivity (Wildman–Crippen MR) is 158 cm³/mol. The van der Waals surface area contributed by atoms with Crippen LogP contribution in [0.15, 0.2) is 60.7 Å². The molecule has 8 nitrogen and oxygen atoms in total. The predicted octanol–water partition coefficient (Wildman–Crippen LogP) is 6.29. The van der Waals surface area contributed by atoms with Crippen LogP contribution < -0.4 is 10.2 Å². The topological polar surface area (TPSA) is 82.3 Å². The average molecular weight is 556 g/mol. The molecule has 3 aromatic carbocycles. The molecule has 0 bridgehead atoms. The molecule has 2 aromatic heterocycles. The summed E-state index contributed by atoms with van der Waals surface area (Å²) in [6.45, 7) is 7.08. The van der Waals surface area contributed by atoms with Gasteiger partial charge in [-0.15, -0.1) is 10.2 Å². The van der Waals surface area contributed by atoms with Gasteiger partial charge in [-0.05, 0) is 67.9 Å². The number of rotatable bonds is 7. The number of halogens is 1. The van der Waals surface area contributed by atoms with Gasteiger partial charge in [-0.1, -0.05) is 30.4 Å². The third-order valence-electron chi connectivity index (χ3n) is 7.77. The van der Waals surface area contributed by atoms with Gasteiger partial charge >= 0.3 is 0 Å². The van der Waals surface area contributed by atoms with Crippen LogP contribution in [0.4, 0.5) is 20.9 Å². The van der Waals surface area contributed by atoms with Gasteiger partial charge in [0, 0.05) is 37.8 Å². The second-order valence-corrected chi connectivity index (χ2v) is 11.4. The first-order chi connectivity index (χ1) is 19.6. The van der Waals surface area contributed by atoms with E-state index >= 15 is 0 Å². The number of anilines is 3.